The summed E-state index contributed by atoms with van der Waals surface area (Å²) in [5.41, 5.74) is 1.14. The van der Waals surface area contributed by atoms with E-state index in [0.29, 0.717) is 0 Å². The largest absolute Gasteiger partial charge is 0.493 e. The number of hydrogen-bond donors (Lipinski definition) is 0. The number of ether oxygens (including phenoxy) is 3. The highest BCUT2D eigenvalue weighted by Gasteiger charge is 2.16. The number of carbonyl (C=O) groups excluding carboxylic acids is 2. The second kappa shape index (κ2) is 11.5. The zero-order chi connectivity index (χ0) is 21.9. The van der Waals surface area contributed by atoms with Crippen molar-refractivity contribution in [2.45, 2.75) is 19.6 Å². The molecule has 0 bridgehead atoms. The lowest BCUT2D eigenvalue weighted by Crippen LogP contribution is -2.31. The van der Waals surface area contributed by atoms with Gasteiger partial charge in [-0.1, -0.05) is 42.5 Å². The maximum absolute atomic E-state index is 12.8. The van der Waals surface area contributed by atoms with Gasteiger partial charge in [-0.3, -0.25) is 9.59 Å². The molecule has 2 aromatic carbocycles. The molecule has 0 spiro atoms. The SMILES string of the molecule is COC(=O)CCN(Cc1ccccc1)C(=O)/C=C/c1cccc(OC)c1OC(F)F. The maximum atomic E-state index is 12.8. The average molecular weight is 419 g/mol. The highest BCUT2D eigenvalue weighted by Crippen LogP contribution is 2.33. The molecule has 8 heteroatoms. The van der Waals surface area contributed by atoms with Gasteiger partial charge < -0.3 is 19.1 Å². The lowest BCUT2D eigenvalue weighted by atomic mass is 10.1. The zero-order valence-electron chi connectivity index (χ0n) is 16.7. The Morgan fingerprint density at radius 1 is 1.07 bits per heavy atom. The Bertz CT molecular complexity index is 871. The van der Waals surface area contributed by atoms with Crippen molar-refractivity contribution in [3.05, 3.63) is 65.7 Å². The number of para-hydroxylation sites is 1. The molecule has 0 fully saturated rings. The summed E-state index contributed by atoms with van der Waals surface area (Å²) in [5.74, 6) is -0.876. The monoisotopic (exact) mass is 419 g/mol. The Hall–Kier alpha value is -3.42. The van der Waals surface area contributed by atoms with E-state index in [-0.39, 0.29) is 36.6 Å². The highest BCUT2D eigenvalue weighted by molar-refractivity contribution is 5.92. The van der Waals surface area contributed by atoms with Crippen molar-refractivity contribution >= 4 is 18.0 Å². The van der Waals surface area contributed by atoms with Crippen LogP contribution in [-0.4, -0.2) is 44.2 Å². The zero-order valence-corrected chi connectivity index (χ0v) is 16.7. The van der Waals surface area contributed by atoms with Gasteiger partial charge in [0.15, 0.2) is 11.5 Å². The van der Waals surface area contributed by atoms with Crippen LogP contribution in [-0.2, 0) is 20.9 Å². The fourth-order valence-electron chi connectivity index (χ4n) is 2.71. The number of esters is 1. The minimum Gasteiger partial charge on any atom is -0.493 e. The lowest BCUT2D eigenvalue weighted by Gasteiger charge is -2.21. The maximum Gasteiger partial charge on any atom is 0.387 e. The Morgan fingerprint density at radius 2 is 1.80 bits per heavy atom. The summed E-state index contributed by atoms with van der Waals surface area (Å²) in [7, 11) is 2.61. The molecule has 2 aromatic rings. The smallest absolute Gasteiger partial charge is 0.387 e. The first-order chi connectivity index (χ1) is 14.4. The fraction of sp³-hybridized carbons (Fsp3) is 0.273. The normalized spacial score (nSPS) is 10.8. The molecule has 2 rings (SSSR count). The molecule has 0 aliphatic heterocycles. The molecular formula is C22H23F2NO5. The topological polar surface area (TPSA) is 65.1 Å². The molecule has 0 atom stereocenters. The van der Waals surface area contributed by atoms with Crippen molar-refractivity contribution in [1.82, 2.24) is 4.90 Å². The van der Waals surface area contributed by atoms with Crippen LogP contribution in [0.4, 0.5) is 8.78 Å². The second-order valence-corrected chi connectivity index (χ2v) is 6.16. The molecule has 0 saturated heterocycles. The summed E-state index contributed by atoms with van der Waals surface area (Å²) in [6, 6.07) is 13.9. The van der Waals surface area contributed by atoms with E-state index in [9.17, 15) is 18.4 Å². The van der Waals surface area contributed by atoms with E-state index in [1.54, 1.807) is 6.07 Å². The third-order valence-corrected chi connectivity index (χ3v) is 4.18. The Morgan fingerprint density at radius 3 is 2.43 bits per heavy atom. The second-order valence-electron chi connectivity index (χ2n) is 6.16. The number of benzene rings is 2. The summed E-state index contributed by atoms with van der Waals surface area (Å²) >= 11 is 0. The number of alkyl halides is 2. The van der Waals surface area contributed by atoms with Crippen LogP contribution in [0.25, 0.3) is 6.08 Å². The molecule has 0 N–H and O–H groups in total. The van der Waals surface area contributed by atoms with Gasteiger partial charge in [0, 0.05) is 24.7 Å². The lowest BCUT2D eigenvalue weighted by molar-refractivity contribution is -0.141. The van der Waals surface area contributed by atoms with Gasteiger partial charge in [0.25, 0.3) is 0 Å². The van der Waals surface area contributed by atoms with Crippen molar-refractivity contribution < 1.29 is 32.6 Å². The molecule has 30 heavy (non-hydrogen) atoms. The van der Waals surface area contributed by atoms with Crippen molar-refractivity contribution in [2.75, 3.05) is 20.8 Å². The van der Waals surface area contributed by atoms with Gasteiger partial charge in [-0.2, -0.15) is 8.78 Å². The van der Waals surface area contributed by atoms with Crippen LogP contribution >= 0.6 is 0 Å². The minimum absolute atomic E-state index is 0.0296. The molecule has 6 nitrogen and oxygen atoms in total. The first kappa shape index (κ1) is 22.9. The van der Waals surface area contributed by atoms with Crippen LogP contribution in [0.2, 0.25) is 0 Å². The molecule has 0 heterocycles. The van der Waals surface area contributed by atoms with E-state index in [1.807, 2.05) is 30.3 Å². The summed E-state index contributed by atoms with van der Waals surface area (Å²) in [6.45, 7) is -2.62. The number of nitrogens with zero attached hydrogens (tertiary/aromatic N) is 1. The number of hydrogen-bond acceptors (Lipinski definition) is 5. The standard InChI is InChI=1S/C22H23F2NO5/c1-28-18-10-6-9-17(21(18)30-22(23)24)11-12-19(26)25(14-13-20(27)29-2)15-16-7-4-3-5-8-16/h3-12,22H,13-15H2,1-2H3/b12-11+. The van der Waals surface area contributed by atoms with E-state index in [0.717, 1.165) is 5.56 Å². The summed E-state index contributed by atoms with van der Waals surface area (Å²) in [4.78, 5) is 25.8. The van der Waals surface area contributed by atoms with Gasteiger partial charge in [0.05, 0.1) is 20.6 Å². The fourth-order valence-corrected chi connectivity index (χ4v) is 2.71. The van der Waals surface area contributed by atoms with E-state index < -0.39 is 18.5 Å². The number of halogens is 2. The minimum atomic E-state index is -3.04. The summed E-state index contributed by atoms with van der Waals surface area (Å²) in [5, 5.41) is 0. The summed E-state index contributed by atoms with van der Waals surface area (Å²) < 4.78 is 39.8. The number of rotatable bonds is 10. The third-order valence-electron chi connectivity index (χ3n) is 4.18. The molecule has 0 radical (unpaired) electrons. The average Bonchev–Trinajstić information content (AvgIpc) is 2.75. The summed E-state index contributed by atoms with van der Waals surface area (Å²) in [6.07, 6.45) is 2.65. The molecule has 0 aliphatic carbocycles. The van der Waals surface area contributed by atoms with E-state index >= 15 is 0 Å². The van der Waals surface area contributed by atoms with Gasteiger partial charge in [-0.25, -0.2) is 0 Å². The van der Waals surface area contributed by atoms with Gasteiger partial charge in [-0.05, 0) is 17.7 Å². The Balaban J connectivity index is 2.23. The predicted molar refractivity (Wildman–Crippen MR) is 107 cm³/mol. The molecule has 0 unspecified atom stereocenters. The molecular weight excluding hydrogens is 396 g/mol. The van der Waals surface area contributed by atoms with Crippen LogP contribution in [0.5, 0.6) is 11.5 Å². The Labute approximate surface area is 173 Å². The van der Waals surface area contributed by atoms with Crippen molar-refractivity contribution in [3.8, 4) is 11.5 Å². The molecule has 0 aliphatic rings. The van der Waals surface area contributed by atoms with E-state index in [2.05, 4.69) is 9.47 Å². The number of methoxy groups -OCH3 is 2. The molecule has 0 saturated carbocycles. The van der Waals surface area contributed by atoms with Crippen LogP contribution < -0.4 is 9.47 Å². The molecule has 160 valence electrons. The van der Waals surface area contributed by atoms with E-state index in [1.165, 1.54) is 43.4 Å². The quantitative estimate of drug-likeness (QED) is 0.432. The van der Waals surface area contributed by atoms with Crippen LogP contribution in [0.3, 0.4) is 0 Å². The molecule has 1 amide bonds. The predicted octanol–water partition coefficient (Wildman–Crippen LogP) is 3.90. The van der Waals surface area contributed by atoms with Crippen LogP contribution in [0.1, 0.15) is 17.5 Å². The number of amides is 1. The van der Waals surface area contributed by atoms with Gasteiger partial charge in [-0.15, -0.1) is 0 Å². The van der Waals surface area contributed by atoms with Gasteiger partial charge >= 0.3 is 12.6 Å². The van der Waals surface area contributed by atoms with Crippen LogP contribution in [0, 0.1) is 0 Å². The molecule has 0 aromatic heterocycles. The van der Waals surface area contributed by atoms with Crippen molar-refractivity contribution in [1.29, 1.82) is 0 Å². The van der Waals surface area contributed by atoms with E-state index in [4.69, 9.17) is 4.74 Å². The van der Waals surface area contributed by atoms with Crippen LogP contribution in [0.15, 0.2) is 54.6 Å². The highest BCUT2D eigenvalue weighted by atomic mass is 19.3. The first-order valence-corrected chi connectivity index (χ1v) is 9.14. The van der Waals surface area contributed by atoms with Gasteiger partial charge in [0.2, 0.25) is 5.91 Å². The van der Waals surface area contributed by atoms with Crippen molar-refractivity contribution in [2.24, 2.45) is 0 Å². The number of carbonyl (C=O) groups is 2. The first-order valence-electron chi connectivity index (χ1n) is 9.14. The third kappa shape index (κ3) is 6.88. The van der Waals surface area contributed by atoms with Gasteiger partial charge in [0.1, 0.15) is 0 Å². The Kier molecular flexibility index (Phi) is 8.80. The van der Waals surface area contributed by atoms with Crippen molar-refractivity contribution in [3.63, 3.8) is 0 Å².